The number of rotatable bonds is 1. The Morgan fingerprint density at radius 3 is 2.60 bits per heavy atom. The fraction of sp³-hybridized carbons (Fsp3) is 0.909. The molecule has 4 nitrogen and oxygen atoms in total. The molecule has 4 atom stereocenters. The van der Waals surface area contributed by atoms with Gasteiger partial charge in [0, 0.05) is 24.5 Å². The van der Waals surface area contributed by atoms with Crippen molar-refractivity contribution in [3.05, 3.63) is 0 Å². The number of nitrogens with one attached hydrogen (secondary N) is 2. The van der Waals surface area contributed by atoms with Crippen LogP contribution in [-0.4, -0.2) is 30.3 Å². The van der Waals surface area contributed by atoms with Gasteiger partial charge in [-0.3, -0.25) is 0 Å². The van der Waals surface area contributed by atoms with Crippen molar-refractivity contribution < 1.29 is 9.53 Å². The SMILES string of the molecule is C[C@H]1NC[C@H]2[C@H](NC(=O)OC(C)(C)C)[C@H]21. The van der Waals surface area contributed by atoms with E-state index in [-0.39, 0.29) is 6.09 Å². The van der Waals surface area contributed by atoms with E-state index in [0.29, 0.717) is 23.9 Å². The fourth-order valence-electron chi connectivity index (χ4n) is 2.45. The monoisotopic (exact) mass is 212 g/mol. The van der Waals surface area contributed by atoms with Crippen LogP contribution < -0.4 is 10.6 Å². The normalized spacial score (nSPS) is 38.4. The van der Waals surface area contributed by atoms with Gasteiger partial charge in [-0.25, -0.2) is 4.79 Å². The molecule has 1 amide bonds. The Kier molecular flexibility index (Phi) is 2.41. The van der Waals surface area contributed by atoms with E-state index < -0.39 is 5.60 Å². The highest BCUT2D eigenvalue weighted by Crippen LogP contribution is 2.45. The molecular weight excluding hydrogens is 192 g/mol. The molecule has 86 valence electrons. The lowest BCUT2D eigenvalue weighted by atomic mass is 10.2. The molecule has 1 aliphatic carbocycles. The second kappa shape index (κ2) is 3.37. The van der Waals surface area contributed by atoms with Gasteiger partial charge in [0.05, 0.1) is 0 Å². The van der Waals surface area contributed by atoms with Gasteiger partial charge in [-0.2, -0.15) is 0 Å². The van der Waals surface area contributed by atoms with Crippen molar-refractivity contribution in [3.8, 4) is 0 Å². The lowest BCUT2D eigenvalue weighted by Gasteiger charge is -2.20. The van der Waals surface area contributed by atoms with Crippen LogP contribution in [0.5, 0.6) is 0 Å². The summed E-state index contributed by atoms with van der Waals surface area (Å²) >= 11 is 0. The molecule has 1 heterocycles. The Bertz CT molecular complexity index is 272. The van der Waals surface area contributed by atoms with E-state index in [9.17, 15) is 4.79 Å². The first-order valence-corrected chi connectivity index (χ1v) is 5.61. The Morgan fingerprint density at radius 1 is 1.47 bits per heavy atom. The Morgan fingerprint density at radius 2 is 2.13 bits per heavy atom. The molecule has 0 spiro atoms. The fourth-order valence-corrected chi connectivity index (χ4v) is 2.45. The van der Waals surface area contributed by atoms with Gasteiger partial charge in [0.1, 0.15) is 5.60 Å². The molecular formula is C11H20N2O2. The maximum absolute atomic E-state index is 11.5. The van der Waals surface area contributed by atoms with Crippen LogP contribution in [0.25, 0.3) is 0 Å². The molecule has 2 N–H and O–H groups in total. The summed E-state index contributed by atoms with van der Waals surface area (Å²) in [6.07, 6.45) is -0.283. The molecule has 1 aliphatic heterocycles. The summed E-state index contributed by atoms with van der Waals surface area (Å²) in [7, 11) is 0. The van der Waals surface area contributed by atoms with Crippen LogP contribution in [0.15, 0.2) is 0 Å². The first-order valence-electron chi connectivity index (χ1n) is 5.61. The molecule has 2 rings (SSSR count). The maximum Gasteiger partial charge on any atom is 0.407 e. The van der Waals surface area contributed by atoms with Gasteiger partial charge in [-0.05, 0) is 33.6 Å². The minimum atomic E-state index is -0.405. The molecule has 2 fully saturated rings. The highest BCUT2D eigenvalue weighted by molar-refractivity contribution is 5.69. The zero-order valence-corrected chi connectivity index (χ0v) is 9.83. The number of fused-ring (bicyclic) bond motifs is 1. The zero-order chi connectivity index (χ0) is 11.2. The highest BCUT2D eigenvalue weighted by Gasteiger charge is 2.57. The number of amides is 1. The van der Waals surface area contributed by atoms with E-state index in [4.69, 9.17) is 4.74 Å². The number of alkyl carbamates (subject to hydrolysis) is 1. The quantitative estimate of drug-likeness (QED) is 0.684. The van der Waals surface area contributed by atoms with E-state index in [1.807, 2.05) is 20.8 Å². The largest absolute Gasteiger partial charge is 0.444 e. The Hall–Kier alpha value is -0.770. The van der Waals surface area contributed by atoms with Crippen LogP contribution in [0.4, 0.5) is 4.79 Å². The summed E-state index contributed by atoms with van der Waals surface area (Å²) in [6, 6.07) is 0.853. The predicted octanol–water partition coefficient (Wildman–Crippen LogP) is 1.12. The summed E-state index contributed by atoms with van der Waals surface area (Å²) in [5, 5.41) is 6.32. The number of hydrogen-bond acceptors (Lipinski definition) is 3. The van der Waals surface area contributed by atoms with Crippen molar-refractivity contribution in [2.24, 2.45) is 11.8 Å². The molecule has 0 aromatic heterocycles. The summed E-state index contributed by atoms with van der Waals surface area (Å²) in [6.45, 7) is 8.83. The topological polar surface area (TPSA) is 50.4 Å². The van der Waals surface area contributed by atoms with Crippen molar-refractivity contribution in [1.29, 1.82) is 0 Å². The number of carbonyl (C=O) groups is 1. The van der Waals surface area contributed by atoms with Gasteiger partial charge in [-0.1, -0.05) is 0 Å². The molecule has 1 saturated carbocycles. The molecule has 0 aromatic carbocycles. The van der Waals surface area contributed by atoms with Gasteiger partial charge in [0.15, 0.2) is 0 Å². The van der Waals surface area contributed by atoms with Crippen LogP contribution in [0.1, 0.15) is 27.7 Å². The maximum atomic E-state index is 11.5. The summed E-state index contributed by atoms with van der Waals surface area (Å²) < 4.78 is 5.22. The van der Waals surface area contributed by atoms with Crippen LogP contribution >= 0.6 is 0 Å². The van der Waals surface area contributed by atoms with Gasteiger partial charge < -0.3 is 15.4 Å². The number of ether oxygens (including phenoxy) is 1. The highest BCUT2D eigenvalue weighted by atomic mass is 16.6. The molecule has 1 saturated heterocycles. The Balaban J connectivity index is 1.78. The van der Waals surface area contributed by atoms with E-state index in [2.05, 4.69) is 17.6 Å². The second-order valence-electron chi connectivity index (χ2n) is 5.61. The third-order valence-corrected chi connectivity index (χ3v) is 3.17. The van der Waals surface area contributed by atoms with Crippen LogP contribution in [0.3, 0.4) is 0 Å². The van der Waals surface area contributed by atoms with Crippen molar-refractivity contribution in [3.63, 3.8) is 0 Å². The summed E-state index contributed by atoms with van der Waals surface area (Å²) in [4.78, 5) is 11.5. The molecule has 0 unspecified atom stereocenters. The van der Waals surface area contributed by atoms with Crippen molar-refractivity contribution in [2.75, 3.05) is 6.54 Å². The van der Waals surface area contributed by atoms with E-state index in [0.717, 1.165) is 6.54 Å². The van der Waals surface area contributed by atoms with E-state index >= 15 is 0 Å². The summed E-state index contributed by atoms with van der Waals surface area (Å²) in [5.41, 5.74) is -0.405. The third-order valence-electron chi connectivity index (χ3n) is 3.17. The average molecular weight is 212 g/mol. The van der Waals surface area contributed by atoms with Crippen molar-refractivity contribution >= 4 is 6.09 Å². The smallest absolute Gasteiger partial charge is 0.407 e. The molecule has 4 heteroatoms. The van der Waals surface area contributed by atoms with Gasteiger partial charge in [0.2, 0.25) is 0 Å². The molecule has 15 heavy (non-hydrogen) atoms. The molecule has 2 aliphatic rings. The lowest BCUT2D eigenvalue weighted by Crippen LogP contribution is -2.38. The van der Waals surface area contributed by atoms with Crippen molar-refractivity contribution in [1.82, 2.24) is 10.6 Å². The first kappa shape index (κ1) is 10.7. The molecule has 0 radical (unpaired) electrons. The van der Waals surface area contributed by atoms with Crippen LogP contribution in [0.2, 0.25) is 0 Å². The second-order valence-corrected chi connectivity index (χ2v) is 5.61. The first-order chi connectivity index (χ1) is 6.88. The molecule has 0 bridgehead atoms. The summed E-state index contributed by atoms with van der Waals surface area (Å²) in [5.74, 6) is 1.23. The predicted molar refractivity (Wildman–Crippen MR) is 57.6 cm³/mol. The van der Waals surface area contributed by atoms with E-state index in [1.165, 1.54) is 0 Å². The van der Waals surface area contributed by atoms with Crippen LogP contribution in [-0.2, 0) is 4.74 Å². The molecule has 0 aromatic rings. The Labute approximate surface area is 90.8 Å². The third kappa shape index (κ3) is 2.25. The zero-order valence-electron chi connectivity index (χ0n) is 9.83. The lowest BCUT2D eigenvalue weighted by molar-refractivity contribution is 0.0516. The minimum Gasteiger partial charge on any atom is -0.444 e. The number of hydrogen-bond donors (Lipinski definition) is 2. The van der Waals surface area contributed by atoms with Gasteiger partial charge in [0.25, 0.3) is 0 Å². The van der Waals surface area contributed by atoms with E-state index in [1.54, 1.807) is 0 Å². The van der Waals surface area contributed by atoms with Gasteiger partial charge >= 0.3 is 6.09 Å². The minimum absolute atomic E-state index is 0.283. The van der Waals surface area contributed by atoms with Gasteiger partial charge in [-0.15, -0.1) is 0 Å². The van der Waals surface area contributed by atoms with Crippen molar-refractivity contribution in [2.45, 2.75) is 45.4 Å². The number of carbonyl (C=O) groups excluding carboxylic acids is 1. The standard InChI is InChI=1S/C11H20N2O2/c1-6-8-7(5-12-6)9(8)13-10(14)15-11(2,3)4/h6-9,12H,5H2,1-4H3,(H,13,14)/t6-,7-,8+,9+/m1/s1. The average Bonchev–Trinajstić information content (AvgIpc) is 2.55. The number of piperidine rings is 1. The van der Waals surface area contributed by atoms with Crippen LogP contribution in [0, 0.1) is 11.8 Å².